The molecule has 17 heavy (non-hydrogen) atoms. The van der Waals surface area contributed by atoms with Gasteiger partial charge in [0.1, 0.15) is 0 Å². The summed E-state index contributed by atoms with van der Waals surface area (Å²) in [5.41, 5.74) is 0. The van der Waals surface area contributed by atoms with E-state index in [4.69, 9.17) is 0 Å². The van der Waals surface area contributed by atoms with Crippen molar-refractivity contribution in [2.45, 2.75) is 31.0 Å². The molecule has 1 aliphatic heterocycles. The standard InChI is InChI=1S/C9H16N4O2S.ClH/c1-7-5-13(8(2)3-11-7)16(14,15)9-4-10-6-12-9;/h4,6-8,11H,3,5H2,1-2H3,(H,10,12);1H. The Morgan fingerprint density at radius 1 is 1.47 bits per heavy atom. The Morgan fingerprint density at radius 3 is 2.76 bits per heavy atom. The minimum atomic E-state index is -3.43. The molecule has 0 radical (unpaired) electrons. The summed E-state index contributed by atoms with van der Waals surface area (Å²) in [7, 11) is -3.43. The Kier molecular flexibility index (Phi) is 4.54. The molecule has 2 atom stereocenters. The molecule has 98 valence electrons. The molecule has 0 aliphatic carbocycles. The fourth-order valence-electron chi connectivity index (χ4n) is 1.83. The molecule has 1 aromatic heterocycles. The number of nitrogens with one attached hydrogen (secondary N) is 2. The van der Waals surface area contributed by atoms with Gasteiger partial charge in [0.05, 0.1) is 12.5 Å². The van der Waals surface area contributed by atoms with Gasteiger partial charge in [-0.05, 0) is 13.8 Å². The lowest BCUT2D eigenvalue weighted by atomic mass is 10.2. The molecule has 0 bridgehead atoms. The number of aromatic nitrogens is 2. The van der Waals surface area contributed by atoms with Crippen LogP contribution in [-0.4, -0.2) is 47.9 Å². The molecule has 2 rings (SSSR count). The van der Waals surface area contributed by atoms with Crippen molar-refractivity contribution < 1.29 is 8.42 Å². The van der Waals surface area contributed by atoms with Crippen LogP contribution in [0.5, 0.6) is 0 Å². The second-order valence-electron chi connectivity index (χ2n) is 4.15. The average Bonchev–Trinajstić information content (AvgIpc) is 2.75. The van der Waals surface area contributed by atoms with Crippen LogP contribution < -0.4 is 5.32 Å². The third-order valence-corrected chi connectivity index (χ3v) is 4.67. The van der Waals surface area contributed by atoms with Crippen molar-refractivity contribution in [1.29, 1.82) is 0 Å². The highest BCUT2D eigenvalue weighted by atomic mass is 35.5. The molecule has 1 fully saturated rings. The van der Waals surface area contributed by atoms with Gasteiger partial charge < -0.3 is 10.3 Å². The Labute approximate surface area is 107 Å². The second kappa shape index (κ2) is 5.34. The first kappa shape index (κ1) is 14.4. The Balaban J connectivity index is 0.00000144. The van der Waals surface area contributed by atoms with E-state index >= 15 is 0 Å². The van der Waals surface area contributed by atoms with Gasteiger partial charge in [0.2, 0.25) is 0 Å². The highest BCUT2D eigenvalue weighted by Crippen LogP contribution is 2.18. The average molecular weight is 281 g/mol. The Bertz CT molecular complexity index is 448. The van der Waals surface area contributed by atoms with E-state index in [0.717, 1.165) is 0 Å². The number of hydrogen-bond donors (Lipinski definition) is 2. The lowest BCUT2D eigenvalue weighted by Crippen LogP contribution is -2.56. The van der Waals surface area contributed by atoms with Crippen LogP contribution in [0, 0.1) is 0 Å². The van der Waals surface area contributed by atoms with Gasteiger partial charge in [-0.15, -0.1) is 12.4 Å². The third kappa shape index (κ3) is 2.79. The van der Waals surface area contributed by atoms with E-state index < -0.39 is 10.0 Å². The molecule has 2 unspecified atom stereocenters. The van der Waals surface area contributed by atoms with Crippen LogP contribution in [0.15, 0.2) is 17.6 Å². The number of imidazole rings is 1. The van der Waals surface area contributed by atoms with Crippen molar-refractivity contribution in [2.24, 2.45) is 0 Å². The molecule has 6 nitrogen and oxygen atoms in total. The molecular formula is C9H17ClN4O2S. The van der Waals surface area contributed by atoms with Crippen molar-refractivity contribution in [3.63, 3.8) is 0 Å². The van der Waals surface area contributed by atoms with E-state index in [1.807, 2.05) is 13.8 Å². The molecule has 0 spiro atoms. The van der Waals surface area contributed by atoms with E-state index in [1.54, 1.807) is 0 Å². The number of halogens is 1. The first-order chi connectivity index (χ1) is 7.51. The van der Waals surface area contributed by atoms with Crippen molar-refractivity contribution in [3.05, 3.63) is 12.5 Å². The summed E-state index contributed by atoms with van der Waals surface area (Å²) in [4.78, 5) is 6.40. The first-order valence-corrected chi connectivity index (χ1v) is 6.69. The van der Waals surface area contributed by atoms with Crippen LogP contribution in [-0.2, 0) is 10.0 Å². The summed E-state index contributed by atoms with van der Waals surface area (Å²) in [6, 6.07) is 0.137. The summed E-state index contributed by atoms with van der Waals surface area (Å²) in [6.07, 6.45) is 2.72. The highest BCUT2D eigenvalue weighted by Gasteiger charge is 2.33. The normalized spacial score (nSPS) is 26.5. The molecule has 0 aromatic carbocycles. The number of H-pyrrole nitrogens is 1. The predicted octanol–water partition coefficient (Wildman–Crippen LogP) is 0.202. The summed E-state index contributed by atoms with van der Waals surface area (Å²) < 4.78 is 26.0. The summed E-state index contributed by atoms with van der Waals surface area (Å²) >= 11 is 0. The fourth-order valence-corrected chi connectivity index (χ4v) is 3.45. The molecule has 2 N–H and O–H groups in total. The molecular weight excluding hydrogens is 264 g/mol. The van der Waals surface area contributed by atoms with Crippen LogP contribution in [0.4, 0.5) is 0 Å². The van der Waals surface area contributed by atoms with Crippen LogP contribution in [0.2, 0.25) is 0 Å². The van der Waals surface area contributed by atoms with Crippen molar-refractivity contribution in [1.82, 2.24) is 19.6 Å². The second-order valence-corrected chi connectivity index (χ2v) is 6.01. The van der Waals surface area contributed by atoms with E-state index in [0.29, 0.717) is 13.1 Å². The van der Waals surface area contributed by atoms with Crippen molar-refractivity contribution >= 4 is 22.4 Å². The minimum absolute atomic E-state index is 0. The van der Waals surface area contributed by atoms with Gasteiger partial charge >= 0.3 is 0 Å². The van der Waals surface area contributed by atoms with Gasteiger partial charge in [-0.2, -0.15) is 4.31 Å². The highest BCUT2D eigenvalue weighted by molar-refractivity contribution is 7.89. The molecule has 2 heterocycles. The molecule has 1 saturated heterocycles. The SMILES string of the molecule is CC1CN(S(=O)(=O)c2cnc[nH]2)C(C)CN1.Cl. The predicted molar refractivity (Wildman–Crippen MR) is 66.7 cm³/mol. The topological polar surface area (TPSA) is 78.1 Å². The molecule has 8 heteroatoms. The van der Waals surface area contributed by atoms with Crippen LogP contribution in [0.3, 0.4) is 0 Å². The summed E-state index contributed by atoms with van der Waals surface area (Å²) in [5.74, 6) is 0. The number of hydrogen-bond acceptors (Lipinski definition) is 4. The number of nitrogens with zero attached hydrogens (tertiary/aromatic N) is 2. The Morgan fingerprint density at radius 2 is 2.18 bits per heavy atom. The minimum Gasteiger partial charge on any atom is -0.335 e. The number of aromatic amines is 1. The lowest BCUT2D eigenvalue weighted by Gasteiger charge is -2.35. The lowest BCUT2D eigenvalue weighted by molar-refractivity contribution is 0.244. The van der Waals surface area contributed by atoms with E-state index in [1.165, 1.54) is 16.8 Å². The van der Waals surface area contributed by atoms with Gasteiger partial charge in [0.15, 0.2) is 5.03 Å². The number of rotatable bonds is 2. The molecule has 0 saturated carbocycles. The quantitative estimate of drug-likeness (QED) is 0.811. The van der Waals surface area contributed by atoms with Crippen LogP contribution >= 0.6 is 12.4 Å². The zero-order chi connectivity index (χ0) is 11.8. The Hall–Kier alpha value is -0.630. The first-order valence-electron chi connectivity index (χ1n) is 5.25. The van der Waals surface area contributed by atoms with Gasteiger partial charge in [-0.3, -0.25) is 0 Å². The zero-order valence-electron chi connectivity index (χ0n) is 9.75. The van der Waals surface area contributed by atoms with Crippen LogP contribution in [0.1, 0.15) is 13.8 Å². The van der Waals surface area contributed by atoms with E-state index in [-0.39, 0.29) is 29.5 Å². The van der Waals surface area contributed by atoms with Crippen molar-refractivity contribution in [3.8, 4) is 0 Å². The maximum atomic E-state index is 12.2. The molecule has 1 aliphatic rings. The fraction of sp³-hybridized carbons (Fsp3) is 0.667. The maximum Gasteiger partial charge on any atom is 0.260 e. The molecule has 1 aromatic rings. The van der Waals surface area contributed by atoms with Gasteiger partial charge in [-0.25, -0.2) is 13.4 Å². The monoisotopic (exact) mass is 280 g/mol. The number of sulfonamides is 1. The van der Waals surface area contributed by atoms with E-state index in [2.05, 4.69) is 15.3 Å². The summed E-state index contributed by atoms with van der Waals surface area (Å²) in [5, 5.41) is 3.41. The zero-order valence-corrected chi connectivity index (χ0v) is 11.4. The maximum absolute atomic E-state index is 12.2. The third-order valence-electron chi connectivity index (χ3n) is 2.77. The van der Waals surface area contributed by atoms with Gasteiger partial charge in [-0.1, -0.05) is 0 Å². The van der Waals surface area contributed by atoms with E-state index in [9.17, 15) is 8.42 Å². The van der Waals surface area contributed by atoms with Crippen LogP contribution in [0.25, 0.3) is 0 Å². The van der Waals surface area contributed by atoms with Gasteiger partial charge in [0, 0.05) is 25.2 Å². The smallest absolute Gasteiger partial charge is 0.260 e. The summed E-state index contributed by atoms with van der Waals surface area (Å²) in [6.45, 7) is 5.03. The largest absolute Gasteiger partial charge is 0.335 e. The molecule has 0 amide bonds. The van der Waals surface area contributed by atoms with Gasteiger partial charge in [0.25, 0.3) is 10.0 Å². The van der Waals surface area contributed by atoms with Crippen molar-refractivity contribution in [2.75, 3.05) is 13.1 Å². The number of piperazine rings is 1.